The summed E-state index contributed by atoms with van der Waals surface area (Å²) in [5.74, 6) is 1.82. The predicted molar refractivity (Wildman–Crippen MR) is 116 cm³/mol. The van der Waals surface area contributed by atoms with Crippen LogP contribution in [0.4, 0.5) is 5.82 Å². The summed E-state index contributed by atoms with van der Waals surface area (Å²) in [6.07, 6.45) is 1.88. The molecule has 0 radical (unpaired) electrons. The van der Waals surface area contributed by atoms with Crippen LogP contribution >= 0.6 is 27.5 Å². The van der Waals surface area contributed by atoms with Crippen LogP contribution in [-0.2, 0) is 11.3 Å². The van der Waals surface area contributed by atoms with Gasteiger partial charge in [0.1, 0.15) is 17.2 Å². The lowest BCUT2D eigenvalue weighted by atomic mass is 10.2. The lowest BCUT2D eigenvalue weighted by Gasteiger charge is -2.19. The van der Waals surface area contributed by atoms with Crippen LogP contribution in [0.2, 0.25) is 5.02 Å². The van der Waals surface area contributed by atoms with Crippen LogP contribution < -0.4 is 4.90 Å². The molecule has 0 atom stereocenters. The molecule has 7 heteroatoms. The largest absolute Gasteiger partial charge is 0.380 e. The number of hydrogen-bond acceptors (Lipinski definition) is 4. The molecule has 0 saturated carbocycles. The average Bonchev–Trinajstić information content (AvgIpc) is 3.06. The Hall–Kier alpha value is -1.63. The number of aromatic nitrogens is 3. The minimum atomic E-state index is 0.619. The van der Waals surface area contributed by atoms with E-state index >= 15 is 0 Å². The highest BCUT2D eigenvalue weighted by Crippen LogP contribution is 2.34. The second-order valence-electron chi connectivity index (χ2n) is 6.09. The second-order valence-corrected chi connectivity index (χ2v) is 7.32. The molecule has 0 fully saturated rings. The molecule has 2 aromatic heterocycles. The quantitative estimate of drug-likeness (QED) is 0.430. The number of benzene rings is 1. The lowest BCUT2D eigenvalue weighted by Crippen LogP contribution is -2.22. The van der Waals surface area contributed by atoms with Gasteiger partial charge in [0, 0.05) is 42.5 Å². The predicted octanol–water partition coefficient (Wildman–Crippen LogP) is 5.40. The third-order valence-corrected chi connectivity index (χ3v) is 5.84. The minimum Gasteiger partial charge on any atom is -0.380 e. The van der Waals surface area contributed by atoms with Crippen LogP contribution in [0, 0.1) is 0 Å². The van der Waals surface area contributed by atoms with Gasteiger partial charge in [0.05, 0.1) is 17.1 Å². The summed E-state index contributed by atoms with van der Waals surface area (Å²) < 4.78 is 8.56. The fourth-order valence-electron chi connectivity index (χ4n) is 3.13. The van der Waals surface area contributed by atoms with E-state index in [2.05, 4.69) is 50.3 Å². The Labute approximate surface area is 173 Å². The summed E-state index contributed by atoms with van der Waals surface area (Å²) in [6, 6.07) is 8.11. The number of pyridine rings is 1. The van der Waals surface area contributed by atoms with Gasteiger partial charge in [-0.15, -0.1) is 0 Å². The highest BCUT2D eigenvalue weighted by molar-refractivity contribution is 9.10. The fraction of sp³-hybridized carbons (Fsp3) is 0.400. The number of rotatable bonds is 8. The van der Waals surface area contributed by atoms with Gasteiger partial charge in [0.15, 0.2) is 0 Å². The summed E-state index contributed by atoms with van der Waals surface area (Å²) in [5, 5.41) is 0.622. The van der Waals surface area contributed by atoms with Gasteiger partial charge in [0.25, 0.3) is 0 Å². The van der Waals surface area contributed by atoms with Gasteiger partial charge in [-0.1, -0.05) is 11.6 Å². The van der Waals surface area contributed by atoms with E-state index in [0.29, 0.717) is 24.8 Å². The maximum Gasteiger partial charge on any atom is 0.142 e. The van der Waals surface area contributed by atoms with Crippen molar-refractivity contribution in [2.45, 2.75) is 27.3 Å². The number of halogens is 2. The Kier molecular flexibility index (Phi) is 6.73. The first kappa shape index (κ1) is 20.1. The van der Waals surface area contributed by atoms with Crippen LogP contribution in [-0.4, -0.2) is 40.8 Å². The Morgan fingerprint density at radius 3 is 2.56 bits per heavy atom. The monoisotopic (exact) mass is 450 g/mol. The van der Waals surface area contributed by atoms with Gasteiger partial charge < -0.3 is 14.2 Å². The van der Waals surface area contributed by atoms with Crippen molar-refractivity contribution in [1.29, 1.82) is 0 Å². The smallest absolute Gasteiger partial charge is 0.142 e. The molecular weight excluding hydrogens is 428 g/mol. The minimum absolute atomic E-state index is 0.619. The zero-order valence-corrected chi connectivity index (χ0v) is 18.2. The molecule has 0 unspecified atom stereocenters. The first-order valence-electron chi connectivity index (χ1n) is 9.24. The summed E-state index contributed by atoms with van der Waals surface area (Å²) >= 11 is 9.98. The van der Waals surface area contributed by atoms with E-state index in [0.717, 1.165) is 45.8 Å². The second kappa shape index (κ2) is 9.04. The van der Waals surface area contributed by atoms with Crippen LogP contribution in [0.5, 0.6) is 0 Å². The van der Waals surface area contributed by atoms with E-state index < -0.39 is 0 Å². The van der Waals surface area contributed by atoms with Gasteiger partial charge in [-0.2, -0.15) is 0 Å². The first-order valence-corrected chi connectivity index (χ1v) is 10.4. The number of imidazole rings is 1. The summed E-state index contributed by atoms with van der Waals surface area (Å²) in [6.45, 7) is 10.1. The van der Waals surface area contributed by atoms with E-state index in [1.165, 1.54) is 0 Å². The van der Waals surface area contributed by atoms with Crippen molar-refractivity contribution in [3.05, 3.63) is 40.0 Å². The SMILES string of the molecule is CCOCCn1c(-c2ccc(N(CC)CC)nc2)nc2c(Cl)c(Br)ccc21. The molecule has 27 heavy (non-hydrogen) atoms. The van der Waals surface area contributed by atoms with Crippen LogP contribution in [0.25, 0.3) is 22.4 Å². The molecule has 5 nitrogen and oxygen atoms in total. The Morgan fingerprint density at radius 2 is 1.93 bits per heavy atom. The molecule has 3 aromatic rings. The van der Waals surface area contributed by atoms with E-state index in [-0.39, 0.29) is 0 Å². The zero-order valence-electron chi connectivity index (χ0n) is 15.9. The number of anilines is 1. The third-order valence-electron chi connectivity index (χ3n) is 4.57. The summed E-state index contributed by atoms with van der Waals surface area (Å²) in [7, 11) is 0. The van der Waals surface area contributed by atoms with Gasteiger partial charge >= 0.3 is 0 Å². The first-order chi connectivity index (χ1) is 13.1. The average molecular weight is 452 g/mol. The van der Waals surface area contributed by atoms with Crippen molar-refractivity contribution in [2.75, 3.05) is 31.2 Å². The van der Waals surface area contributed by atoms with Crippen molar-refractivity contribution in [3.63, 3.8) is 0 Å². The van der Waals surface area contributed by atoms with E-state index in [1.807, 2.05) is 31.3 Å². The highest BCUT2D eigenvalue weighted by atomic mass is 79.9. The maximum absolute atomic E-state index is 6.49. The lowest BCUT2D eigenvalue weighted by molar-refractivity contribution is 0.140. The van der Waals surface area contributed by atoms with Crippen molar-refractivity contribution in [2.24, 2.45) is 0 Å². The van der Waals surface area contributed by atoms with E-state index in [4.69, 9.17) is 21.3 Å². The highest BCUT2D eigenvalue weighted by Gasteiger charge is 2.17. The van der Waals surface area contributed by atoms with Gasteiger partial charge in [0.2, 0.25) is 0 Å². The molecule has 0 aliphatic carbocycles. The van der Waals surface area contributed by atoms with Gasteiger partial charge in [-0.3, -0.25) is 0 Å². The molecule has 1 aromatic carbocycles. The Morgan fingerprint density at radius 1 is 1.15 bits per heavy atom. The zero-order chi connectivity index (χ0) is 19.4. The standard InChI is InChI=1S/C20H24BrClN4O/c1-4-25(5-2)17-10-7-14(13-23-17)20-24-19-16(9-8-15(21)18(19)22)26(20)11-12-27-6-3/h7-10,13H,4-6,11-12H2,1-3H3. The van der Waals surface area contributed by atoms with Crippen molar-refractivity contribution < 1.29 is 4.74 Å². The van der Waals surface area contributed by atoms with Gasteiger partial charge in [-0.25, -0.2) is 9.97 Å². The topological polar surface area (TPSA) is 43.2 Å². The van der Waals surface area contributed by atoms with Crippen molar-refractivity contribution >= 4 is 44.4 Å². The molecule has 0 N–H and O–H groups in total. The van der Waals surface area contributed by atoms with Crippen LogP contribution in [0.3, 0.4) is 0 Å². The van der Waals surface area contributed by atoms with Crippen LogP contribution in [0.15, 0.2) is 34.9 Å². The van der Waals surface area contributed by atoms with Crippen molar-refractivity contribution in [1.82, 2.24) is 14.5 Å². The molecule has 0 saturated heterocycles. The van der Waals surface area contributed by atoms with E-state index in [1.54, 1.807) is 0 Å². The molecule has 0 bridgehead atoms. The number of ether oxygens (including phenoxy) is 1. The molecule has 3 rings (SSSR count). The molecular formula is C20H24BrClN4O. The number of fused-ring (bicyclic) bond motifs is 1. The molecule has 0 spiro atoms. The van der Waals surface area contributed by atoms with Crippen LogP contribution in [0.1, 0.15) is 20.8 Å². The van der Waals surface area contributed by atoms with Gasteiger partial charge in [-0.05, 0) is 61.0 Å². The maximum atomic E-state index is 6.49. The van der Waals surface area contributed by atoms with Crippen molar-refractivity contribution in [3.8, 4) is 11.4 Å². The molecule has 144 valence electrons. The Bertz CT molecular complexity index is 906. The molecule has 2 heterocycles. The Balaban J connectivity index is 2.06. The number of hydrogen-bond donors (Lipinski definition) is 0. The molecule has 0 aliphatic rings. The molecule has 0 aliphatic heterocycles. The third kappa shape index (κ3) is 4.13. The summed E-state index contributed by atoms with van der Waals surface area (Å²) in [4.78, 5) is 11.7. The normalized spacial score (nSPS) is 11.3. The molecule has 0 amide bonds. The summed E-state index contributed by atoms with van der Waals surface area (Å²) in [5.41, 5.74) is 2.74. The van der Waals surface area contributed by atoms with E-state index in [9.17, 15) is 0 Å². The number of nitrogens with zero attached hydrogens (tertiary/aromatic N) is 4. The fourth-order valence-corrected chi connectivity index (χ4v) is 3.66.